The van der Waals surface area contributed by atoms with Gasteiger partial charge in [-0.05, 0) is 45.3 Å². The average molecular weight is 457 g/mol. The number of hydrogen-bond donors (Lipinski definition) is 1. The number of benzene rings is 1. The largest absolute Gasteiger partial charge is 0.573 e. The highest BCUT2D eigenvalue weighted by molar-refractivity contribution is 7.89. The van der Waals surface area contributed by atoms with Crippen LogP contribution in [0.3, 0.4) is 0 Å². The minimum absolute atomic E-state index is 0.113. The predicted octanol–water partition coefficient (Wildman–Crippen LogP) is 2.96. The molecule has 0 atom stereocenters. The lowest BCUT2D eigenvalue weighted by Gasteiger charge is -2.35. The van der Waals surface area contributed by atoms with Gasteiger partial charge in [-0.15, -0.1) is 13.2 Å². The van der Waals surface area contributed by atoms with E-state index in [-0.39, 0.29) is 5.46 Å². The normalized spacial score (nSPS) is 23.3. The molecule has 1 aromatic carbocycles. The summed E-state index contributed by atoms with van der Waals surface area (Å²) in [6.45, 7) is 6.99. The first-order valence-corrected chi connectivity index (χ1v) is 10.5. The molecular weight excluding hydrogens is 436 g/mol. The second kappa shape index (κ2) is 7.04. The molecule has 2 fully saturated rings. The van der Waals surface area contributed by atoms with Crippen molar-refractivity contribution >= 4 is 22.6 Å². The summed E-state index contributed by atoms with van der Waals surface area (Å²) in [5.74, 6) is -4.01. The standard InChI is InChI=1S/C17H21BF5NO5S/c1-14(2)15(3,4)29-18(28-14)10-5-6-13(12(7-10)27-17(21,22)23)30(25,26)24-11-8-16(19,20)9-11/h5-7,11,24H,8-9H2,1-4H3. The Bertz CT molecular complexity index is 911. The van der Waals surface area contributed by atoms with Gasteiger partial charge in [0.15, 0.2) is 0 Å². The van der Waals surface area contributed by atoms with Crippen LogP contribution >= 0.6 is 0 Å². The topological polar surface area (TPSA) is 73.9 Å². The summed E-state index contributed by atoms with van der Waals surface area (Å²) in [5, 5.41) is 0. The van der Waals surface area contributed by atoms with E-state index in [1.807, 2.05) is 4.72 Å². The summed E-state index contributed by atoms with van der Waals surface area (Å²) < 4.78 is 107. The van der Waals surface area contributed by atoms with Crippen molar-refractivity contribution in [1.29, 1.82) is 0 Å². The second-order valence-corrected chi connectivity index (χ2v) is 10.1. The van der Waals surface area contributed by atoms with E-state index in [1.165, 1.54) is 6.07 Å². The molecule has 0 radical (unpaired) electrons. The van der Waals surface area contributed by atoms with Gasteiger partial charge >= 0.3 is 13.5 Å². The first-order chi connectivity index (χ1) is 13.4. The van der Waals surface area contributed by atoms with Gasteiger partial charge in [-0.25, -0.2) is 21.9 Å². The van der Waals surface area contributed by atoms with Gasteiger partial charge in [0.2, 0.25) is 10.0 Å². The zero-order valence-electron chi connectivity index (χ0n) is 16.6. The molecule has 13 heteroatoms. The molecule has 6 nitrogen and oxygen atoms in total. The molecule has 1 heterocycles. The van der Waals surface area contributed by atoms with Crippen LogP contribution in [-0.2, 0) is 19.3 Å². The van der Waals surface area contributed by atoms with Gasteiger partial charge in [0.05, 0.1) is 11.2 Å². The summed E-state index contributed by atoms with van der Waals surface area (Å²) >= 11 is 0. The quantitative estimate of drug-likeness (QED) is 0.544. The molecule has 1 N–H and O–H groups in total. The number of nitrogens with one attached hydrogen (secondary N) is 1. The maximum atomic E-state index is 13.0. The molecule has 0 amide bonds. The maximum Gasteiger partial charge on any atom is 0.573 e. The molecule has 30 heavy (non-hydrogen) atoms. The van der Waals surface area contributed by atoms with E-state index in [0.717, 1.165) is 12.1 Å². The lowest BCUT2D eigenvalue weighted by Crippen LogP contribution is -2.50. The predicted molar refractivity (Wildman–Crippen MR) is 97.1 cm³/mol. The zero-order valence-corrected chi connectivity index (χ0v) is 17.5. The number of sulfonamides is 1. The van der Waals surface area contributed by atoms with Crippen LogP contribution in [0.1, 0.15) is 40.5 Å². The van der Waals surface area contributed by atoms with Crippen molar-refractivity contribution in [3.63, 3.8) is 0 Å². The molecule has 1 aliphatic carbocycles. The van der Waals surface area contributed by atoms with E-state index in [4.69, 9.17) is 9.31 Å². The van der Waals surface area contributed by atoms with E-state index >= 15 is 0 Å². The number of hydrogen-bond acceptors (Lipinski definition) is 5. The molecule has 0 bridgehead atoms. The second-order valence-electron chi connectivity index (χ2n) is 8.42. The molecule has 3 rings (SSSR count). The molecule has 0 spiro atoms. The van der Waals surface area contributed by atoms with Gasteiger partial charge in [-0.3, -0.25) is 0 Å². The van der Waals surface area contributed by atoms with E-state index in [1.54, 1.807) is 27.7 Å². The van der Waals surface area contributed by atoms with Gasteiger partial charge in [-0.2, -0.15) is 0 Å². The number of ether oxygens (including phenoxy) is 1. The van der Waals surface area contributed by atoms with Gasteiger partial charge in [0.1, 0.15) is 10.6 Å². The minimum atomic E-state index is -5.18. The first kappa shape index (κ1) is 23.2. The molecule has 1 saturated heterocycles. The van der Waals surface area contributed by atoms with Crippen LogP contribution in [-0.4, -0.2) is 45.1 Å². The van der Waals surface area contributed by atoms with Crippen molar-refractivity contribution in [3.8, 4) is 5.75 Å². The van der Waals surface area contributed by atoms with Crippen LogP contribution in [0.4, 0.5) is 22.0 Å². The summed E-state index contributed by atoms with van der Waals surface area (Å²) in [6.07, 6.45) is -6.64. The van der Waals surface area contributed by atoms with Crippen molar-refractivity contribution in [2.45, 2.75) is 75.0 Å². The summed E-state index contributed by atoms with van der Waals surface area (Å²) in [5.41, 5.74) is -1.43. The molecule has 2 aliphatic rings. The fourth-order valence-corrected chi connectivity index (χ4v) is 4.45. The van der Waals surface area contributed by atoms with Crippen LogP contribution in [0, 0.1) is 0 Å². The van der Waals surface area contributed by atoms with E-state index in [0.29, 0.717) is 0 Å². The molecule has 1 aromatic rings. The monoisotopic (exact) mass is 457 g/mol. The van der Waals surface area contributed by atoms with Crippen molar-refractivity contribution in [2.24, 2.45) is 0 Å². The Labute approximate surface area is 171 Å². The Hall–Kier alpha value is -1.44. The fraction of sp³-hybridized carbons (Fsp3) is 0.647. The number of halogens is 5. The minimum Gasteiger partial charge on any atom is -0.404 e. The summed E-state index contributed by atoms with van der Waals surface area (Å²) in [4.78, 5) is -0.824. The third-order valence-electron chi connectivity index (χ3n) is 5.42. The smallest absolute Gasteiger partial charge is 0.404 e. The Morgan fingerprint density at radius 2 is 1.63 bits per heavy atom. The maximum absolute atomic E-state index is 13.0. The Balaban J connectivity index is 1.92. The zero-order chi connectivity index (χ0) is 22.8. The molecule has 168 valence electrons. The van der Waals surface area contributed by atoms with Crippen molar-refractivity contribution in [1.82, 2.24) is 4.72 Å². The Kier molecular flexibility index (Phi) is 5.45. The Morgan fingerprint density at radius 3 is 2.10 bits per heavy atom. The highest BCUT2D eigenvalue weighted by atomic mass is 32.2. The number of alkyl halides is 5. The summed E-state index contributed by atoms with van der Waals surface area (Å²) in [6, 6.07) is 1.92. The number of rotatable bonds is 5. The van der Waals surface area contributed by atoms with E-state index in [2.05, 4.69) is 4.74 Å². The molecular formula is C17H21BF5NO5S. The van der Waals surface area contributed by atoms with Crippen LogP contribution in [0.5, 0.6) is 5.75 Å². The third kappa shape index (κ3) is 4.73. The lowest BCUT2D eigenvalue weighted by atomic mass is 9.79. The SMILES string of the molecule is CC1(C)OB(c2ccc(S(=O)(=O)NC3CC(F)(F)C3)c(OC(F)(F)F)c2)OC1(C)C. The van der Waals surface area contributed by atoms with Gasteiger partial charge in [-0.1, -0.05) is 6.07 Å². The van der Waals surface area contributed by atoms with Gasteiger partial charge in [0.25, 0.3) is 5.92 Å². The molecule has 0 aromatic heterocycles. The van der Waals surface area contributed by atoms with Crippen molar-refractivity contribution < 1.29 is 44.4 Å². The molecule has 0 unspecified atom stereocenters. The lowest BCUT2D eigenvalue weighted by molar-refractivity contribution is -0.275. The van der Waals surface area contributed by atoms with Crippen LogP contribution in [0.15, 0.2) is 23.1 Å². The fourth-order valence-electron chi connectivity index (χ4n) is 3.10. The first-order valence-electron chi connectivity index (χ1n) is 9.06. The average Bonchev–Trinajstić information content (AvgIpc) is 2.71. The van der Waals surface area contributed by atoms with E-state index < -0.39 is 70.2 Å². The highest BCUT2D eigenvalue weighted by Crippen LogP contribution is 2.39. The van der Waals surface area contributed by atoms with Crippen LogP contribution in [0.2, 0.25) is 0 Å². The van der Waals surface area contributed by atoms with Crippen molar-refractivity contribution in [2.75, 3.05) is 0 Å². The molecule has 1 saturated carbocycles. The molecule has 1 aliphatic heterocycles. The summed E-state index contributed by atoms with van der Waals surface area (Å²) in [7, 11) is -5.60. The Morgan fingerprint density at radius 1 is 1.10 bits per heavy atom. The van der Waals surface area contributed by atoms with E-state index in [9.17, 15) is 30.4 Å². The van der Waals surface area contributed by atoms with Gasteiger partial charge < -0.3 is 14.0 Å². The van der Waals surface area contributed by atoms with Crippen LogP contribution in [0.25, 0.3) is 0 Å². The highest BCUT2D eigenvalue weighted by Gasteiger charge is 2.52. The van der Waals surface area contributed by atoms with Crippen molar-refractivity contribution in [3.05, 3.63) is 18.2 Å². The van der Waals surface area contributed by atoms with Gasteiger partial charge in [0, 0.05) is 18.9 Å². The van der Waals surface area contributed by atoms with Crippen LogP contribution < -0.4 is 14.9 Å². The third-order valence-corrected chi connectivity index (χ3v) is 6.98.